The number of nitrogens with one attached hydrogen (secondary N) is 2. The maximum atomic E-state index is 12.2. The van der Waals surface area contributed by atoms with Gasteiger partial charge in [-0.1, -0.05) is 0 Å². The lowest BCUT2D eigenvalue weighted by molar-refractivity contribution is -0.385. The van der Waals surface area contributed by atoms with Gasteiger partial charge in [-0.05, 0) is 17.7 Å². The summed E-state index contributed by atoms with van der Waals surface area (Å²) in [6.45, 7) is 0.103. The van der Waals surface area contributed by atoms with Crippen LogP contribution >= 0.6 is 0 Å². The number of hydrogen-bond acceptors (Lipinski definition) is 5. The number of rotatable bonds is 6. The lowest BCUT2D eigenvalue weighted by atomic mass is 10.3. The standard InChI is InChI=1S/C12H13N3O5S/c1-20-11-6-10(15(16)17)2-3-12(11)21(18,19)14-8-9-4-5-13-7-9/h2-7,13-14H,8H2,1H3. The van der Waals surface area contributed by atoms with Gasteiger partial charge in [-0.3, -0.25) is 10.1 Å². The Morgan fingerprint density at radius 1 is 1.38 bits per heavy atom. The molecule has 0 bridgehead atoms. The predicted molar refractivity (Wildman–Crippen MR) is 74.5 cm³/mol. The Morgan fingerprint density at radius 2 is 2.14 bits per heavy atom. The van der Waals surface area contributed by atoms with Crippen molar-refractivity contribution in [2.75, 3.05) is 7.11 Å². The largest absolute Gasteiger partial charge is 0.495 e. The Hall–Kier alpha value is -2.39. The van der Waals surface area contributed by atoms with Crippen molar-refractivity contribution in [3.8, 4) is 5.75 Å². The van der Waals surface area contributed by atoms with E-state index in [1.807, 2.05) is 0 Å². The summed E-state index contributed by atoms with van der Waals surface area (Å²) >= 11 is 0. The van der Waals surface area contributed by atoms with Gasteiger partial charge >= 0.3 is 0 Å². The molecule has 0 aliphatic heterocycles. The first kappa shape index (κ1) is 15.0. The van der Waals surface area contributed by atoms with Gasteiger partial charge < -0.3 is 9.72 Å². The lowest BCUT2D eigenvalue weighted by Crippen LogP contribution is -2.23. The van der Waals surface area contributed by atoms with Crippen LogP contribution in [-0.2, 0) is 16.6 Å². The Balaban J connectivity index is 2.28. The van der Waals surface area contributed by atoms with Crippen LogP contribution in [-0.4, -0.2) is 25.4 Å². The molecule has 0 spiro atoms. The number of nitro benzene ring substituents is 1. The topological polar surface area (TPSA) is 114 Å². The van der Waals surface area contributed by atoms with Crippen molar-refractivity contribution < 1.29 is 18.1 Å². The smallest absolute Gasteiger partial charge is 0.273 e. The minimum Gasteiger partial charge on any atom is -0.495 e. The Morgan fingerprint density at radius 3 is 2.71 bits per heavy atom. The molecule has 0 aliphatic rings. The molecule has 2 rings (SSSR count). The highest BCUT2D eigenvalue weighted by atomic mass is 32.2. The lowest BCUT2D eigenvalue weighted by Gasteiger charge is -2.10. The number of aromatic nitrogens is 1. The van der Waals surface area contributed by atoms with Crippen molar-refractivity contribution in [3.63, 3.8) is 0 Å². The third-order valence-electron chi connectivity index (χ3n) is 2.78. The molecule has 2 N–H and O–H groups in total. The summed E-state index contributed by atoms with van der Waals surface area (Å²) in [5.74, 6) is -0.0780. The van der Waals surface area contributed by atoms with Crippen LogP contribution in [0.5, 0.6) is 5.75 Å². The molecule has 0 saturated carbocycles. The fourth-order valence-corrected chi connectivity index (χ4v) is 2.88. The number of benzene rings is 1. The number of nitro groups is 1. The van der Waals surface area contributed by atoms with Crippen molar-refractivity contribution in [3.05, 3.63) is 52.3 Å². The number of sulfonamides is 1. The zero-order valence-corrected chi connectivity index (χ0v) is 11.9. The average Bonchev–Trinajstić information content (AvgIpc) is 2.97. The van der Waals surface area contributed by atoms with E-state index in [0.29, 0.717) is 0 Å². The fourth-order valence-electron chi connectivity index (χ4n) is 1.72. The van der Waals surface area contributed by atoms with E-state index in [0.717, 1.165) is 23.8 Å². The molecular weight excluding hydrogens is 298 g/mol. The molecule has 21 heavy (non-hydrogen) atoms. The molecular formula is C12H13N3O5S. The number of ether oxygens (including phenoxy) is 1. The molecule has 0 aliphatic carbocycles. The molecule has 1 aromatic carbocycles. The fraction of sp³-hybridized carbons (Fsp3) is 0.167. The highest BCUT2D eigenvalue weighted by Gasteiger charge is 2.22. The summed E-state index contributed by atoms with van der Waals surface area (Å²) in [4.78, 5) is 12.7. The van der Waals surface area contributed by atoms with E-state index in [9.17, 15) is 18.5 Å². The van der Waals surface area contributed by atoms with Gasteiger partial charge in [0.1, 0.15) is 10.6 Å². The second-order valence-corrected chi connectivity index (χ2v) is 5.87. The summed E-state index contributed by atoms with van der Waals surface area (Å²) in [7, 11) is -2.58. The van der Waals surface area contributed by atoms with Gasteiger partial charge in [0.25, 0.3) is 5.69 Å². The van der Waals surface area contributed by atoms with Crippen molar-refractivity contribution in [1.82, 2.24) is 9.71 Å². The van der Waals surface area contributed by atoms with Crippen LogP contribution in [0.25, 0.3) is 0 Å². The van der Waals surface area contributed by atoms with Gasteiger partial charge in [-0.25, -0.2) is 13.1 Å². The second-order valence-electron chi connectivity index (χ2n) is 4.14. The molecule has 0 unspecified atom stereocenters. The summed E-state index contributed by atoms with van der Waals surface area (Å²) in [5.41, 5.74) is 0.524. The van der Waals surface area contributed by atoms with E-state index in [4.69, 9.17) is 4.74 Å². The minimum absolute atomic E-state index is 0.0780. The monoisotopic (exact) mass is 311 g/mol. The third-order valence-corrected chi connectivity index (χ3v) is 4.22. The Bertz CT molecular complexity index is 740. The molecule has 0 amide bonds. The second kappa shape index (κ2) is 5.94. The van der Waals surface area contributed by atoms with Crippen LogP contribution in [0.15, 0.2) is 41.6 Å². The van der Waals surface area contributed by atoms with Gasteiger partial charge in [0.2, 0.25) is 10.0 Å². The third kappa shape index (κ3) is 3.38. The molecule has 0 saturated heterocycles. The van der Waals surface area contributed by atoms with E-state index < -0.39 is 14.9 Å². The number of nitrogens with zero attached hydrogens (tertiary/aromatic N) is 1. The highest BCUT2D eigenvalue weighted by Crippen LogP contribution is 2.28. The van der Waals surface area contributed by atoms with Gasteiger partial charge in [0.15, 0.2) is 0 Å². The number of non-ortho nitro benzene ring substituents is 1. The summed E-state index contributed by atoms with van der Waals surface area (Å²) in [5, 5.41) is 10.7. The van der Waals surface area contributed by atoms with Crippen molar-refractivity contribution in [1.29, 1.82) is 0 Å². The highest BCUT2D eigenvalue weighted by molar-refractivity contribution is 7.89. The summed E-state index contributed by atoms with van der Waals surface area (Å²) < 4.78 is 31.8. The van der Waals surface area contributed by atoms with Crippen LogP contribution in [0.3, 0.4) is 0 Å². The van der Waals surface area contributed by atoms with Gasteiger partial charge in [-0.15, -0.1) is 0 Å². The van der Waals surface area contributed by atoms with Crippen LogP contribution < -0.4 is 9.46 Å². The van der Waals surface area contributed by atoms with Crippen LogP contribution in [0.1, 0.15) is 5.56 Å². The zero-order chi connectivity index (χ0) is 15.5. The van der Waals surface area contributed by atoms with E-state index >= 15 is 0 Å². The van der Waals surface area contributed by atoms with E-state index in [1.54, 1.807) is 18.5 Å². The van der Waals surface area contributed by atoms with Crippen LogP contribution in [0.4, 0.5) is 5.69 Å². The zero-order valence-electron chi connectivity index (χ0n) is 11.1. The van der Waals surface area contributed by atoms with E-state index in [-0.39, 0.29) is 22.9 Å². The first-order valence-corrected chi connectivity index (χ1v) is 7.36. The number of H-pyrrole nitrogens is 1. The van der Waals surface area contributed by atoms with E-state index in [1.165, 1.54) is 7.11 Å². The number of hydrogen-bond donors (Lipinski definition) is 2. The number of aromatic amines is 1. The van der Waals surface area contributed by atoms with Gasteiger partial charge in [0.05, 0.1) is 18.1 Å². The normalized spacial score (nSPS) is 11.3. The Kier molecular flexibility index (Phi) is 4.24. The summed E-state index contributed by atoms with van der Waals surface area (Å²) in [6.07, 6.45) is 3.34. The molecule has 1 aromatic heterocycles. The minimum atomic E-state index is -3.83. The summed E-state index contributed by atoms with van der Waals surface area (Å²) in [6, 6.07) is 5.07. The first-order chi connectivity index (χ1) is 9.94. The molecule has 9 heteroatoms. The maximum Gasteiger partial charge on any atom is 0.273 e. The molecule has 112 valence electrons. The molecule has 8 nitrogen and oxygen atoms in total. The van der Waals surface area contributed by atoms with Crippen molar-refractivity contribution in [2.24, 2.45) is 0 Å². The van der Waals surface area contributed by atoms with Gasteiger partial charge in [-0.2, -0.15) is 0 Å². The Labute approximate surface area is 121 Å². The quantitative estimate of drug-likeness (QED) is 0.618. The SMILES string of the molecule is COc1cc([N+](=O)[O-])ccc1S(=O)(=O)NCc1cc[nH]c1. The average molecular weight is 311 g/mol. The molecule has 0 atom stereocenters. The van der Waals surface area contributed by atoms with Gasteiger partial charge in [0, 0.05) is 25.0 Å². The number of methoxy groups -OCH3 is 1. The van der Waals surface area contributed by atoms with Crippen molar-refractivity contribution in [2.45, 2.75) is 11.4 Å². The molecule has 2 aromatic rings. The molecule has 1 heterocycles. The van der Waals surface area contributed by atoms with E-state index in [2.05, 4.69) is 9.71 Å². The van der Waals surface area contributed by atoms with Crippen molar-refractivity contribution >= 4 is 15.7 Å². The predicted octanol–water partition coefficient (Wildman–Crippen LogP) is 1.41. The van der Waals surface area contributed by atoms with Crippen LogP contribution in [0.2, 0.25) is 0 Å². The first-order valence-electron chi connectivity index (χ1n) is 5.88. The van der Waals surface area contributed by atoms with Crippen LogP contribution in [0, 0.1) is 10.1 Å². The molecule has 0 radical (unpaired) electrons. The molecule has 0 fully saturated rings. The maximum absolute atomic E-state index is 12.2.